The number of halogens is 1. The fourth-order valence-electron chi connectivity index (χ4n) is 2.93. The summed E-state index contributed by atoms with van der Waals surface area (Å²) in [6, 6.07) is 6.28. The molecule has 0 aliphatic carbocycles. The first-order valence-electron chi connectivity index (χ1n) is 8.27. The summed E-state index contributed by atoms with van der Waals surface area (Å²) in [7, 11) is 3.07. The molecular weight excluding hydrogens is 339 g/mol. The Balaban J connectivity index is 2.02. The van der Waals surface area contributed by atoms with Crippen LogP contribution in [0.25, 0.3) is 0 Å². The Hall–Kier alpha value is -3.03. The second-order valence-corrected chi connectivity index (χ2v) is 5.97. The van der Waals surface area contributed by atoms with Crippen molar-refractivity contribution < 1.29 is 18.7 Å². The van der Waals surface area contributed by atoms with E-state index < -0.39 is 11.7 Å². The number of carbonyl (C=O) groups is 1. The average Bonchev–Trinajstić information content (AvgIpc) is 3.16. The van der Waals surface area contributed by atoms with Gasteiger partial charge in [-0.3, -0.25) is 4.79 Å². The van der Waals surface area contributed by atoms with Gasteiger partial charge in [0.15, 0.2) is 11.6 Å². The average molecular weight is 360 g/mol. The van der Waals surface area contributed by atoms with E-state index in [4.69, 9.17) is 15.2 Å². The Kier molecular flexibility index (Phi) is 5.11. The van der Waals surface area contributed by atoms with E-state index in [1.807, 2.05) is 4.90 Å². The molecule has 3 N–H and O–H groups in total. The second-order valence-electron chi connectivity index (χ2n) is 5.97. The summed E-state index contributed by atoms with van der Waals surface area (Å²) in [4.78, 5) is 18.0. The van der Waals surface area contributed by atoms with Crippen molar-refractivity contribution in [3.63, 3.8) is 0 Å². The minimum Gasteiger partial charge on any atom is -0.497 e. The maximum Gasteiger partial charge on any atom is 0.252 e. The lowest BCUT2D eigenvalue weighted by atomic mass is 10.2. The Morgan fingerprint density at radius 3 is 2.31 bits per heavy atom. The molecule has 0 radical (unpaired) electrons. The topological polar surface area (TPSA) is 89.7 Å². The summed E-state index contributed by atoms with van der Waals surface area (Å²) < 4.78 is 24.9. The van der Waals surface area contributed by atoms with Gasteiger partial charge in [0.25, 0.3) is 5.91 Å². The molecule has 0 spiro atoms. The molecule has 2 heterocycles. The number of benzene rings is 1. The number of methoxy groups -OCH3 is 2. The molecule has 1 aliphatic rings. The number of hydrogen-bond donors (Lipinski definition) is 2. The monoisotopic (exact) mass is 360 g/mol. The van der Waals surface area contributed by atoms with Gasteiger partial charge in [0.2, 0.25) is 0 Å². The van der Waals surface area contributed by atoms with Crippen molar-refractivity contribution in [3.05, 3.63) is 35.6 Å². The summed E-state index contributed by atoms with van der Waals surface area (Å²) in [6.45, 7) is 1.46. The molecule has 3 rings (SSSR count). The molecule has 1 aliphatic heterocycles. The first kappa shape index (κ1) is 17.8. The normalized spacial score (nSPS) is 13.6. The zero-order valence-corrected chi connectivity index (χ0v) is 14.7. The number of nitrogens with two attached hydrogens (primary N) is 1. The van der Waals surface area contributed by atoms with Gasteiger partial charge in [0.1, 0.15) is 17.3 Å². The molecular formula is C18H21FN4O3. The van der Waals surface area contributed by atoms with Crippen LogP contribution in [-0.4, -0.2) is 38.2 Å². The number of aromatic nitrogens is 1. The molecule has 1 aromatic heterocycles. The zero-order valence-electron chi connectivity index (χ0n) is 14.7. The van der Waals surface area contributed by atoms with Crippen molar-refractivity contribution in [1.29, 1.82) is 0 Å². The number of nitrogens with one attached hydrogen (secondary N) is 1. The molecule has 8 heteroatoms. The quantitative estimate of drug-likeness (QED) is 0.823. The summed E-state index contributed by atoms with van der Waals surface area (Å²) >= 11 is 0. The summed E-state index contributed by atoms with van der Waals surface area (Å²) in [5.41, 5.74) is 5.96. The molecule has 1 amide bonds. The largest absolute Gasteiger partial charge is 0.497 e. The fraction of sp³-hybridized carbons (Fsp3) is 0.333. The van der Waals surface area contributed by atoms with Crippen LogP contribution in [0.3, 0.4) is 0 Å². The van der Waals surface area contributed by atoms with E-state index in [1.54, 1.807) is 18.2 Å². The van der Waals surface area contributed by atoms with Crippen LogP contribution in [0.15, 0.2) is 24.3 Å². The first-order chi connectivity index (χ1) is 12.5. The van der Waals surface area contributed by atoms with Crippen LogP contribution in [0.2, 0.25) is 0 Å². The number of hydrogen-bond acceptors (Lipinski definition) is 6. The lowest BCUT2D eigenvalue weighted by molar-refractivity contribution is 0.100. The van der Waals surface area contributed by atoms with Crippen molar-refractivity contribution in [2.75, 3.05) is 37.5 Å². The minimum atomic E-state index is -0.762. The number of carbonyl (C=O) groups excluding carboxylic acids is 1. The highest BCUT2D eigenvalue weighted by Gasteiger charge is 2.22. The van der Waals surface area contributed by atoms with E-state index in [0.717, 1.165) is 32.0 Å². The molecule has 138 valence electrons. The molecule has 2 aromatic rings. The van der Waals surface area contributed by atoms with Gasteiger partial charge < -0.3 is 25.4 Å². The number of rotatable bonds is 6. The van der Waals surface area contributed by atoms with Crippen molar-refractivity contribution in [3.8, 4) is 11.5 Å². The fourth-order valence-corrected chi connectivity index (χ4v) is 2.93. The van der Waals surface area contributed by atoms with Gasteiger partial charge in [-0.25, -0.2) is 9.37 Å². The predicted molar refractivity (Wildman–Crippen MR) is 97.0 cm³/mol. The van der Waals surface area contributed by atoms with Gasteiger partial charge in [-0.15, -0.1) is 0 Å². The third kappa shape index (κ3) is 3.63. The number of primary amides is 1. The molecule has 26 heavy (non-hydrogen) atoms. The summed E-state index contributed by atoms with van der Waals surface area (Å²) in [5.74, 6) is 0.209. The molecule has 1 fully saturated rings. The lowest BCUT2D eigenvalue weighted by Crippen LogP contribution is -2.23. The summed E-state index contributed by atoms with van der Waals surface area (Å²) in [6.07, 6.45) is 1.96. The Bertz CT molecular complexity index is 800. The van der Waals surface area contributed by atoms with Gasteiger partial charge in [-0.2, -0.15) is 0 Å². The molecule has 7 nitrogen and oxygen atoms in total. The second kappa shape index (κ2) is 7.47. The van der Waals surface area contributed by atoms with E-state index in [2.05, 4.69) is 10.3 Å². The SMILES string of the molecule is COc1cc(Nc2nc(N3CCCC3)c(F)cc2C(N)=O)cc(OC)c1. The number of amides is 1. The highest BCUT2D eigenvalue weighted by molar-refractivity contribution is 5.98. The van der Waals surface area contributed by atoms with E-state index in [1.165, 1.54) is 14.2 Å². The number of pyridine rings is 1. The summed E-state index contributed by atoms with van der Waals surface area (Å²) in [5, 5.41) is 3.03. The molecule has 0 bridgehead atoms. The Morgan fingerprint density at radius 1 is 1.15 bits per heavy atom. The lowest BCUT2D eigenvalue weighted by Gasteiger charge is -2.20. The van der Waals surface area contributed by atoms with Crippen LogP contribution in [0.1, 0.15) is 23.2 Å². The Morgan fingerprint density at radius 2 is 1.77 bits per heavy atom. The van der Waals surface area contributed by atoms with E-state index >= 15 is 0 Å². The van der Waals surface area contributed by atoms with Crippen LogP contribution >= 0.6 is 0 Å². The number of nitrogens with zero attached hydrogens (tertiary/aromatic N) is 2. The smallest absolute Gasteiger partial charge is 0.252 e. The van der Waals surface area contributed by atoms with Crippen LogP contribution in [-0.2, 0) is 0 Å². The third-order valence-corrected chi connectivity index (χ3v) is 4.24. The molecule has 0 atom stereocenters. The third-order valence-electron chi connectivity index (χ3n) is 4.24. The van der Waals surface area contributed by atoms with Crippen molar-refractivity contribution in [1.82, 2.24) is 4.98 Å². The maximum absolute atomic E-state index is 14.4. The van der Waals surface area contributed by atoms with Crippen LogP contribution in [0, 0.1) is 5.82 Å². The van der Waals surface area contributed by atoms with E-state index in [0.29, 0.717) is 17.2 Å². The van der Waals surface area contributed by atoms with Gasteiger partial charge >= 0.3 is 0 Å². The maximum atomic E-state index is 14.4. The number of anilines is 3. The number of ether oxygens (including phenoxy) is 2. The van der Waals surface area contributed by atoms with Crippen LogP contribution < -0.4 is 25.4 Å². The zero-order chi connectivity index (χ0) is 18.7. The van der Waals surface area contributed by atoms with Gasteiger partial charge in [0, 0.05) is 37.0 Å². The van der Waals surface area contributed by atoms with Gasteiger partial charge in [-0.1, -0.05) is 0 Å². The van der Waals surface area contributed by atoms with Crippen molar-refractivity contribution in [2.45, 2.75) is 12.8 Å². The Labute approximate surface area is 150 Å². The highest BCUT2D eigenvalue weighted by Crippen LogP contribution is 2.31. The van der Waals surface area contributed by atoms with E-state index in [9.17, 15) is 9.18 Å². The predicted octanol–water partition coefficient (Wildman–Crippen LogP) is 2.68. The molecule has 0 unspecified atom stereocenters. The standard InChI is InChI=1S/C18H21FN4O3/c1-25-12-7-11(8-13(9-12)26-2)21-17-14(16(20)24)10-15(19)18(22-17)23-5-3-4-6-23/h7-10H,3-6H2,1-2H3,(H2,20,24)(H,21,22). The van der Waals surface area contributed by atoms with E-state index in [-0.39, 0.29) is 17.2 Å². The molecule has 0 saturated carbocycles. The van der Waals surface area contributed by atoms with Crippen LogP contribution in [0.4, 0.5) is 21.7 Å². The minimum absolute atomic E-state index is 0.0211. The van der Waals surface area contributed by atoms with Gasteiger partial charge in [0.05, 0.1) is 19.8 Å². The van der Waals surface area contributed by atoms with Gasteiger partial charge in [-0.05, 0) is 18.9 Å². The molecule has 1 aromatic carbocycles. The van der Waals surface area contributed by atoms with Crippen molar-refractivity contribution >= 4 is 23.2 Å². The first-order valence-corrected chi connectivity index (χ1v) is 8.27. The van der Waals surface area contributed by atoms with Crippen LogP contribution in [0.5, 0.6) is 11.5 Å². The highest BCUT2D eigenvalue weighted by atomic mass is 19.1. The molecule has 1 saturated heterocycles. The van der Waals surface area contributed by atoms with Crippen molar-refractivity contribution in [2.24, 2.45) is 5.73 Å².